The van der Waals surface area contributed by atoms with Crippen molar-refractivity contribution in [3.63, 3.8) is 0 Å². The molecule has 136 valence electrons. The molecule has 0 radical (unpaired) electrons. The summed E-state index contributed by atoms with van der Waals surface area (Å²) in [6.45, 7) is 2.33. The zero-order valence-electron chi connectivity index (χ0n) is 14.6. The van der Waals surface area contributed by atoms with Crippen LogP contribution in [0.4, 0.5) is 13.6 Å². The molecular formula is C17H22F2N4O2. The fourth-order valence-corrected chi connectivity index (χ4v) is 2.38. The molecule has 0 aliphatic carbocycles. The second-order valence-electron chi connectivity index (χ2n) is 5.75. The first-order valence-corrected chi connectivity index (χ1v) is 7.85. The molecule has 0 atom stereocenters. The molecule has 2 amide bonds. The molecule has 0 saturated carbocycles. The average Bonchev–Trinajstić information content (AvgIpc) is 2.99. The molecule has 8 heteroatoms. The normalized spacial score (nSPS) is 10.8. The molecule has 1 heterocycles. The Bertz CT molecular complexity index is 733. The van der Waals surface area contributed by atoms with Gasteiger partial charge < -0.3 is 15.0 Å². The summed E-state index contributed by atoms with van der Waals surface area (Å²) in [7, 11) is 3.32. The Balaban J connectivity index is 2.05. The predicted molar refractivity (Wildman–Crippen MR) is 88.8 cm³/mol. The van der Waals surface area contributed by atoms with E-state index in [1.807, 2.05) is 0 Å². The lowest BCUT2D eigenvalue weighted by molar-refractivity contribution is 0.146. The molecule has 1 N–H and O–H groups in total. The number of aromatic nitrogens is 2. The van der Waals surface area contributed by atoms with E-state index in [1.165, 1.54) is 24.1 Å². The maximum atomic E-state index is 14.0. The lowest BCUT2D eigenvalue weighted by Crippen LogP contribution is -2.41. The number of nitrogens with zero attached hydrogens (tertiary/aromatic N) is 3. The fourth-order valence-electron chi connectivity index (χ4n) is 2.38. The van der Waals surface area contributed by atoms with Crippen molar-refractivity contribution < 1.29 is 18.3 Å². The van der Waals surface area contributed by atoms with Crippen molar-refractivity contribution in [2.24, 2.45) is 7.05 Å². The molecule has 0 aliphatic heterocycles. The maximum Gasteiger partial charge on any atom is 0.318 e. The zero-order valence-corrected chi connectivity index (χ0v) is 14.6. The lowest BCUT2D eigenvalue weighted by atomic mass is 10.1. The Morgan fingerprint density at radius 1 is 1.40 bits per heavy atom. The Morgan fingerprint density at radius 3 is 2.80 bits per heavy atom. The summed E-state index contributed by atoms with van der Waals surface area (Å²) in [4.78, 5) is 13.9. The van der Waals surface area contributed by atoms with Crippen LogP contribution in [-0.2, 0) is 24.9 Å². The largest absolute Gasteiger partial charge is 0.383 e. The minimum Gasteiger partial charge on any atom is -0.383 e. The van der Waals surface area contributed by atoms with Crippen molar-refractivity contribution in [3.8, 4) is 0 Å². The minimum atomic E-state index is -0.681. The molecule has 1 aromatic carbocycles. The highest BCUT2D eigenvalue weighted by Crippen LogP contribution is 2.16. The minimum absolute atomic E-state index is 0.151. The topological polar surface area (TPSA) is 59.4 Å². The van der Waals surface area contributed by atoms with Crippen LogP contribution in [0.5, 0.6) is 0 Å². The Labute approximate surface area is 145 Å². The number of amides is 2. The van der Waals surface area contributed by atoms with Gasteiger partial charge >= 0.3 is 6.03 Å². The smallest absolute Gasteiger partial charge is 0.318 e. The Kier molecular flexibility index (Phi) is 6.46. The Morgan fingerprint density at radius 2 is 2.16 bits per heavy atom. The molecule has 0 saturated heterocycles. The second-order valence-corrected chi connectivity index (χ2v) is 5.75. The van der Waals surface area contributed by atoms with Gasteiger partial charge in [-0.15, -0.1) is 0 Å². The highest BCUT2D eigenvalue weighted by atomic mass is 19.1. The van der Waals surface area contributed by atoms with Crippen molar-refractivity contribution in [1.82, 2.24) is 20.0 Å². The van der Waals surface area contributed by atoms with E-state index in [4.69, 9.17) is 4.74 Å². The third-order valence-electron chi connectivity index (χ3n) is 3.78. The third-order valence-corrected chi connectivity index (χ3v) is 3.78. The standard InChI is InChI=1S/C17H22F2N4O2/c1-12-4-5-15(18)14(16(12)19)9-20-17(24)23(6-7-25-3)11-13-8-21-22(2)10-13/h4-5,8,10H,6-7,9,11H2,1-3H3,(H,20,24). The predicted octanol–water partition coefficient (Wildman–Crippen LogP) is 2.36. The average molecular weight is 352 g/mol. The van der Waals surface area contributed by atoms with E-state index in [0.29, 0.717) is 25.3 Å². The van der Waals surface area contributed by atoms with Gasteiger partial charge in [-0.1, -0.05) is 6.07 Å². The lowest BCUT2D eigenvalue weighted by Gasteiger charge is -2.22. The number of halogens is 2. The molecular weight excluding hydrogens is 330 g/mol. The van der Waals surface area contributed by atoms with Crippen molar-refractivity contribution in [2.75, 3.05) is 20.3 Å². The van der Waals surface area contributed by atoms with Crippen LogP contribution in [0.3, 0.4) is 0 Å². The molecule has 6 nitrogen and oxygen atoms in total. The maximum absolute atomic E-state index is 14.0. The van der Waals surface area contributed by atoms with Crippen molar-refractivity contribution in [2.45, 2.75) is 20.0 Å². The van der Waals surface area contributed by atoms with Crippen molar-refractivity contribution >= 4 is 6.03 Å². The van der Waals surface area contributed by atoms with Crippen molar-refractivity contribution in [3.05, 3.63) is 52.9 Å². The van der Waals surface area contributed by atoms with Crippen LogP contribution in [0, 0.1) is 18.6 Å². The van der Waals surface area contributed by atoms with E-state index in [-0.39, 0.29) is 12.1 Å². The van der Waals surface area contributed by atoms with Gasteiger partial charge in [-0.3, -0.25) is 4.68 Å². The van der Waals surface area contributed by atoms with Crippen LogP contribution >= 0.6 is 0 Å². The number of carbonyl (C=O) groups is 1. The highest BCUT2D eigenvalue weighted by Gasteiger charge is 2.17. The summed E-state index contributed by atoms with van der Waals surface area (Å²) in [5, 5.41) is 6.63. The first-order valence-electron chi connectivity index (χ1n) is 7.85. The van der Waals surface area contributed by atoms with Gasteiger partial charge in [-0.05, 0) is 18.6 Å². The Hall–Kier alpha value is -2.48. The number of nitrogens with one attached hydrogen (secondary N) is 1. The third kappa shape index (κ3) is 4.99. The van der Waals surface area contributed by atoms with Crippen LogP contribution in [0.2, 0.25) is 0 Å². The van der Waals surface area contributed by atoms with Gasteiger partial charge in [0.15, 0.2) is 0 Å². The van der Waals surface area contributed by atoms with E-state index >= 15 is 0 Å². The number of ether oxygens (including phenoxy) is 1. The van der Waals surface area contributed by atoms with Gasteiger partial charge in [0.1, 0.15) is 11.6 Å². The van der Waals surface area contributed by atoms with Gasteiger partial charge in [0.2, 0.25) is 0 Å². The summed E-state index contributed by atoms with van der Waals surface area (Å²) in [6.07, 6.45) is 3.46. The molecule has 2 rings (SSSR count). The number of hydrogen-bond acceptors (Lipinski definition) is 3. The molecule has 0 spiro atoms. The molecule has 0 aliphatic rings. The van der Waals surface area contributed by atoms with Gasteiger partial charge in [-0.2, -0.15) is 5.10 Å². The molecule has 0 unspecified atom stereocenters. The van der Waals surface area contributed by atoms with Crippen LogP contribution in [0.15, 0.2) is 24.5 Å². The quantitative estimate of drug-likeness (QED) is 0.832. The second kappa shape index (κ2) is 8.57. The summed E-state index contributed by atoms with van der Waals surface area (Å²) < 4.78 is 34.5. The molecule has 2 aromatic rings. The van der Waals surface area contributed by atoms with Gasteiger partial charge in [0.05, 0.1) is 25.9 Å². The number of rotatable bonds is 7. The number of benzene rings is 1. The number of urea groups is 1. The SMILES string of the molecule is COCCN(Cc1cnn(C)c1)C(=O)NCc1c(F)ccc(C)c1F. The summed E-state index contributed by atoms with van der Waals surface area (Å²) in [5.41, 5.74) is 1.03. The number of hydrogen-bond donors (Lipinski definition) is 1. The van der Waals surface area contributed by atoms with E-state index in [1.54, 1.807) is 31.0 Å². The monoisotopic (exact) mass is 352 g/mol. The molecule has 0 bridgehead atoms. The number of carbonyl (C=O) groups excluding carboxylic acids is 1. The fraction of sp³-hybridized carbons (Fsp3) is 0.412. The first-order chi connectivity index (χ1) is 11.9. The van der Waals surface area contributed by atoms with Crippen LogP contribution in [0.1, 0.15) is 16.7 Å². The van der Waals surface area contributed by atoms with Crippen LogP contribution in [-0.4, -0.2) is 41.0 Å². The van der Waals surface area contributed by atoms with Gasteiger partial charge in [0.25, 0.3) is 0 Å². The molecule has 25 heavy (non-hydrogen) atoms. The zero-order chi connectivity index (χ0) is 18.4. The van der Waals surface area contributed by atoms with Crippen LogP contribution < -0.4 is 5.32 Å². The molecule has 0 fully saturated rings. The highest BCUT2D eigenvalue weighted by molar-refractivity contribution is 5.74. The summed E-state index contributed by atoms with van der Waals surface area (Å²) in [5.74, 6) is -1.32. The van der Waals surface area contributed by atoms with E-state index in [2.05, 4.69) is 10.4 Å². The first kappa shape index (κ1) is 18.9. The van der Waals surface area contributed by atoms with Gasteiger partial charge in [0, 0.05) is 38.0 Å². The molecule has 1 aromatic heterocycles. The van der Waals surface area contributed by atoms with Gasteiger partial charge in [-0.25, -0.2) is 13.6 Å². The van der Waals surface area contributed by atoms with E-state index in [9.17, 15) is 13.6 Å². The van der Waals surface area contributed by atoms with Crippen molar-refractivity contribution in [1.29, 1.82) is 0 Å². The van der Waals surface area contributed by atoms with Crippen LogP contribution in [0.25, 0.3) is 0 Å². The number of aryl methyl sites for hydroxylation is 2. The van der Waals surface area contributed by atoms with E-state index in [0.717, 1.165) is 5.56 Å². The summed E-state index contributed by atoms with van der Waals surface area (Å²) in [6, 6.07) is 2.13. The van der Waals surface area contributed by atoms with E-state index < -0.39 is 17.7 Å². The summed E-state index contributed by atoms with van der Waals surface area (Å²) >= 11 is 0. The number of methoxy groups -OCH3 is 1.